The molecule has 1 atom stereocenters. The zero-order chi connectivity index (χ0) is 12.5. The molecule has 92 valence electrons. The number of anilines is 1. The van der Waals surface area contributed by atoms with Crippen LogP contribution in [0.4, 0.5) is 5.95 Å². The molecule has 18 heavy (non-hydrogen) atoms. The van der Waals surface area contributed by atoms with Gasteiger partial charge < -0.3 is 10.3 Å². The van der Waals surface area contributed by atoms with Crippen LogP contribution in [0.2, 0.25) is 0 Å². The summed E-state index contributed by atoms with van der Waals surface area (Å²) in [5, 5.41) is 7.59. The summed E-state index contributed by atoms with van der Waals surface area (Å²) in [4.78, 5) is 11.7. The first-order chi connectivity index (χ1) is 8.72. The third kappa shape index (κ3) is 1.92. The Labute approximate surface area is 104 Å². The van der Waals surface area contributed by atoms with Gasteiger partial charge in [-0.15, -0.1) is 5.10 Å². The van der Waals surface area contributed by atoms with Gasteiger partial charge in [0.1, 0.15) is 5.82 Å². The van der Waals surface area contributed by atoms with E-state index < -0.39 is 0 Å². The first-order valence-electron chi connectivity index (χ1n) is 5.81. The SMILES string of the molecule is Cc1ccc2nc(NC(C)c3ncc[nH]3)nn2c1. The van der Waals surface area contributed by atoms with Crippen molar-refractivity contribution in [1.82, 2.24) is 24.6 Å². The highest BCUT2D eigenvalue weighted by Crippen LogP contribution is 2.14. The molecule has 2 N–H and O–H groups in total. The van der Waals surface area contributed by atoms with E-state index >= 15 is 0 Å². The van der Waals surface area contributed by atoms with Crippen molar-refractivity contribution in [2.75, 3.05) is 5.32 Å². The van der Waals surface area contributed by atoms with Crippen molar-refractivity contribution in [3.8, 4) is 0 Å². The van der Waals surface area contributed by atoms with E-state index in [2.05, 4.69) is 25.4 Å². The van der Waals surface area contributed by atoms with Crippen molar-refractivity contribution in [2.24, 2.45) is 0 Å². The largest absolute Gasteiger partial charge is 0.347 e. The molecule has 3 rings (SSSR count). The molecule has 0 amide bonds. The maximum Gasteiger partial charge on any atom is 0.243 e. The quantitative estimate of drug-likeness (QED) is 0.736. The van der Waals surface area contributed by atoms with Gasteiger partial charge in [-0.05, 0) is 25.5 Å². The van der Waals surface area contributed by atoms with E-state index in [0.717, 1.165) is 17.0 Å². The number of aromatic amines is 1. The van der Waals surface area contributed by atoms with Gasteiger partial charge in [-0.2, -0.15) is 4.98 Å². The van der Waals surface area contributed by atoms with Gasteiger partial charge in [0, 0.05) is 18.6 Å². The van der Waals surface area contributed by atoms with E-state index in [1.165, 1.54) is 0 Å². The van der Waals surface area contributed by atoms with E-state index in [0.29, 0.717) is 5.95 Å². The standard InChI is InChI=1S/C12H14N6/c1-8-3-4-10-16-12(17-18(10)7-8)15-9(2)11-13-5-6-14-11/h3-7,9H,1-2H3,(H,13,14)(H,15,17). The minimum absolute atomic E-state index is 0.0403. The smallest absolute Gasteiger partial charge is 0.243 e. The molecular formula is C12H14N6. The van der Waals surface area contributed by atoms with Gasteiger partial charge in [0.05, 0.1) is 6.04 Å². The van der Waals surface area contributed by atoms with E-state index in [-0.39, 0.29) is 6.04 Å². The van der Waals surface area contributed by atoms with Crippen LogP contribution in [0.5, 0.6) is 0 Å². The van der Waals surface area contributed by atoms with E-state index in [1.807, 2.05) is 32.2 Å². The third-order valence-corrected chi connectivity index (χ3v) is 2.75. The Morgan fingerprint density at radius 1 is 1.39 bits per heavy atom. The second-order valence-corrected chi connectivity index (χ2v) is 4.29. The van der Waals surface area contributed by atoms with Gasteiger partial charge in [0.25, 0.3) is 0 Å². The number of nitrogens with zero attached hydrogens (tertiary/aromatic N) is 4. The number of rotatable bonds is 3. The highest BCUT2D eigenvalue weighted by molar-refractivity contribution is 5.44. The van der Waals surface area contributed by atoms with E-state index in [4.69, 9.17) is 0 Å². The molecule has 6 heteroatoms. The van der Waals surface area contributed by atoms with Gasteiger partial charge in [-0.25, -0.2) is 9.50 Å². The number of pyridine rings is 1. The Kier molecular flexibility index (Phi) is 2.47. The molecular weight excluding hydrogens is 228 g/mol. The maximum atomic E-state index is 4.40. The molecule has 3 aromatic rings. The van der Waals surface area contributed by atoms with Crippen LogP contribution in [0, 0.1) is 6.92 Å². The van der Waals surface area contributed by atoms with Gasteiger partial charge in [-0.3, -0.25) is 0 Å². The fourth-order valence-electron chi connectivity index (χ4n) is 1.82. The lowest BCUT2D eigenvalue weighted by Crippen LogP contribution is -2.09. The zero-order valence-corrected chi connectivity index (χ0v) is 10.3. The Bertz CT molecular complexity index is 654. The summed E-state index contributed by atoms with van der Waals surface area (Å²) in [5.41, 5.74) is 1.98. The molecule has 0 aliphatic rings. The third-order valence-electron chi connectivity index (χ3n) is 2.75. The fourth-order valence-corrected chi connectivity index (χ4v) is 1.82. The number of aryl methyl sites for hydroxylation is 1. The van der Waals surface area contributed by atoms with Crippen LogP contribution in [0.15, 0.2) is 30.7 Å². The van der Waals surface area contributed by atoms with Crippen molar-refractivity contribution in [2.45, 2.75) is 19.9 Å². The second kappa shape index (κ2) is 4.14. The van der Waals surface area contributed by atoms with Crippen LogP contribution < -0.4 is 5.32 Å². The van der Waals surface area contributed by atoms with Crippen LogP contribution in [-0.2, 0) is 0 Å². The highest BCUT2D eigenvalue weighted by Gasteiger charge is 2.10. The number of nitrogens with one attached hydrogen (secondary N) is 2. The summed E-state index contributed by atoms with van der Waals surface area (Å²) < 4.78 is 1.77. The maximum absolute atomic E-state index is 4.40. The van der Waals surface area contributed by atoms with Crippen LogP contribution in [0.25, 0.3) is 5.65 Å². The van der Waals surface area contributed by atoms with Crippen molar-refractivity contribution >= 4 is 11.6 Å². The molecule has 0 radical (unpaired) electrons. The van der Waals surface area contributed by atoms with Crippen molar-refractivity contribution in [3.63, 3.8) is 0 Å². The summed E-state index contributed by atoms with van der Waals surface area (Å²) in [6.07, 6.45) is 5.48. The molecule has 0 fully saturated rings. The lowest BCUT2D eigenvalue weighted by Gasteiger charge is -2.08. The first kappa shape index (κ1) is 10.8. The van der Waals surface area contributed by atoms with Gasteiger partial charge in [0.2, 0.25) is 5.95 Å². The predicted molar refractivity (Wildman–Crippen MR) is 68.3 cm³/mol. The monoisotopic (exact) mass is 242 g/mol. The van der Waals surface area contributed by atoms with Crippen LogP contribution in [0.1, 0.15) is 24.4 Å². The second-order valence-electron chi connectivity index (χ2n) is 4.29. The Morgan fingerprint density at radius 3 is 3.06 bits per heavy atom. The van der Waals surface area contributed by atoms with Crippen molar-refractivity contribution in [3.05, 3.63) is 42.1 Å². The molecule has 6 nitrogen and oxygen atoms in total. The van der Waals surface area contributed by atoms with E-state index in [1.54, 1.807) is 16.9 Å². The van der Waals surface area contributed by atoms with Crippen LogP contribution >= 0.6 is 0 Å². The lowest BCUT2D eigenvalue weighted by molar-refractivity contribution is 0.793. The Hall–Kier alpha value is -2.37. The minimum Gasteiger partial charge on any atom is -0.347 e. The molecule has 1 unspecified atom stereocenters. The lowest BCUT2D eigenvalue weighted by atomic mass is 10.3. The average molecular weight is 242 g/mol. The van der Waals surface area contributed by atoms with Gasteiger partial charge in [-0.1, -0.05) is 6.07 Å². The molecule has 0 aliphatic carbocycles. The van der Waals surface area contributed by atoms with Crippen LogP contribution in [0.3, 0.4) is 0 Å². The first-order valence-corrected chi connectivity index (χ1v) is 5.81. The number of aromatic nitrogens is 5. The molecule has 0 aromatic carbocycles. The Morgan fingerprint density at radius 2 is 2.28 bits per heavy atom. The number of imidazole rings is 1. The minimum atomic E-state index is 0.0403. The van der Waals surface area contributed by atoms with Crippen molar-refractivity contribution in [1.29, 1.82) is 0 Å². The summed E-state index contributed by atoms with van der Waals surface area (Å²) in [6, 6.07) is 4.01. The molecule has 3 heterocycles. The number of hydrogen-bond donors (Lipinski definition) is 2. The molecule has 3 aromatic heterocycles. The predicted octanol–water partition coefficient (Wildman–Crippen LogP) is 1.93. The van der Waals surface area contributed by atoms with Crippen LogP contribution in [-0.4, -0.2) is 24.6 Å². The number of hydrogen-bond acceptors (Lipinski definition) is 4. The van der Waals surface area contributed by atoms with Gasteiger partial charge in [0.15, 0.2) is 5.65 Å². The molecule has 0 saturated carbocycles. The molecule has 0 saturated heterocycles. The normalized spacial score (nSPS) is 12.8. The number of fused-ring (bicyclic) bond motifs is 1. The van der Waals surface area contributed by atoms with E-state index in [9.17, 15) is 0 Å². The summed E-state index contributed by atoms with van der Waals surface area (Å²) >= 11 is 0. The summed E-state index contributed by atoms with van der Waals surface area (Å²) in [6.45, 7) is 4.04. The molecule has 0 aliphatic heterocycles. The summed E-state index contributed by atoms with van der Waals surface area (Å²) in [5.74, 6) is 1.47. The summed E-state index contributed by atoms with van der Waals surface area (Å²) in [7, 11) is 0. The topological polar surface area (TPSA) is 70.9 Å². The molecule has 0 bridgehead atoms. The fraction of sp³-hybridized carbons (Fsp3) is 0.250. The molecule has 0 spiro atoms. The van der Waals surface area contributed by atoms with Crippen molar-refractivity contribution < 1.29 is 0 Å². The average Bonchev–Trinajstić information content (AvgIpc) is 2.95. The number of H-pyrrole nitrogens is 1. The van der Waals surface area contributed by atoms with Gasteiger partial charge >= 0.3 is 0 Å². The Balaban J connectivity index is 1.86. The zero-order valence-electron chi connectivity index (χ0n) is 10.3. The highest BCUT2D eigenvalue weighted by atomic mass is 15.3.